The van der Waals surface area contributed by atoms with Crippen LogP contribution in [0.25, 0.3) is 0 Å². The third-order valence-corrected chi connectivity index (χ3v) is 5.83. The number of hydrogen-bond donors (Lipinski definition) is 1. The Kier molecular flexibility index (Phi) is 5.38. The van der Waals surface area contributed by atoms with Crippen molar-refractivity contribution in [1.82, 2.24) is 15.1 Å². The molecule has 21 heavy (non-hydrogen) atoms. The summed E-state index contributed by atoms with van der Waals surface area (Å²) in [5.41, 5.74) is 0.803. The van der Waals surface area contributed by atoms with Crippen LogP contribution in [0.5, 0.6) is 0 Å². The zero-order valence-electron chi connectivity index (χ0n) is 15.2. The normalized spacial score (nSPS) is 34.0. The molecule has 3 nitrogen and oxygen atoms in total. The molecule has 2 rings (SSSR count). The van der Waals surface area contributed by atoms with Gasteiger partial charge in [0.25, 0.3) is 0 Å². The molecular weight excluding hydrogens is 258 g/mol. The summed E-state index contributed by atoms with van der Waals surface area (Å²) in [4.78, 5) is 5.31. The van der Waals surface area contributed by atoms with Crippen molar-refractivity contribution in [3.05, 3.63) is 0 Å². The largest absolute Gasteiger partial charge is 0.312 e. The van der Waals surface area contributed by atoms with Crippen LogP contribution in [-0.2, 0) is 0 Å². The molecule has 0 radical (unpaired) electrons. The summed E-state index contributed by atoms with van der Waals surface area (Å²) in [6, 6.07) is 1.41. The van der Waals surface area contributed by atoms with E-state index in [1.54, 1.807) is 0 Å². The SMILES string of the molecule is CCCNC1CCC(C)(C)CC1N1CCN(C)C(C)(C)C1. The van der Waals surface area contributed by atoms with Gasteiger partial charge in [-0.15, -0.1) is 0 Å². The quantitative estimate of drug-likeness (QED) is 0.860. The molecule has 2 atom stereocenters. The predicted molar refractivity (Wildman–Crippen MR) is 91.8 cm³/mol. The number of nitrogens with one attached hydrogen (secondary N) is 1. The number of hydrogen-bond acceptors (Lipinski definition) is 3. The molecule has 1 aliphatic carbocycles. The minimum atomic E-state index is 0.301. The van der Waals surface area contributed by atoms with Crippen molar-refractivity contribution in [3.8, 4) is 0 Å². The maximum atomic E-state index is 3.84. The number of rotatable bonds is 4. The van der Waals surface area contributed by atoms with Gasteiger partial charge in [-0.2, -0.15) is 0 Å². The fraction of sp³-hybridized carbons (Fsp3) is 1.00. The van der Waals surface area contributed by atoms with Crippen LogP contribution in [0.15, 0.2) is 0 Å². The van der Waals surface area contributed by atoms with Gasteiger partial charge in [0.2, 0.25) is 0 Å². The van der Waals surface area contributed by atoms with E-state index in [9.17, 15) is 0 Å². The van der Waals surface area contributed by atoms with E-state index in [1.807, 2.05) is 0 Å². The molecule has 1 saturated heterocycles. The first-order valence-corrected chi connectivity index (χ1v) is 8.94. The third kappa shape index (κ3) is 4.20. The van der Waals surface area contributed by atoms with Crippen LogP contribution in [0.4, 0.5) is 0 Å². The van der Waals surface area contributed by atoms with Gasteiger partial charge in [-0.1, -0.05) is 20.8 Å². The van der Waals surface area contributed by atoms with Gasteiger partial charge >= 0.3 is 0 Å². The zero-order valence-corrected chi connectivity index (χ0v) is 15.2. The second kappa shape index (κ2) is 6.55. The molecule has 124 valence electrons. The summed E-state index contributed by atoms with van der Waals surface area (Å²) in [7, 11) is 2.27. The Morgan fingerprint density at radius 1 is 1.14 bits per heavy atom. The summed E-state index contributed by atoms with van der Waals surface area (Å²) in [6.45, 7) is 16.8. The molecule has 0 bridgehead atoms. The lowest BCUT2D eigenvalue weighted by Gasteiger charge is -2.52. The Labute approximate surface area is 132 Å². The van der Waals surface area contributed by atoms with Crippen LogP contribution in [0.1, 0.15) is 60.3 Å². The molecule has 1 N–H and O–H groups in total. The van der Waals surface area contributed by atoms with E-state index in [0.717, 1.165) is 0 Å². The molecule has 0 aromatic carbocycles. The fourth-order valence-electron chi connectivity index (χ4n) is 4.06. The Hall–Kier alpha value is -0.120. The van der Waals surface area contributed by atoms with Gasteiger partial charge in [0, 0.05) is 37.3 Å². The third-order valence-electron chi connectivity index (χ3n) is 5.83. The molecule has 2 fully saturated rings. The monoisotopic (exact) mass is 295 g/mol. The minimum absolute atomic E-state index is 0.301. The summed E-state index contributed by atoms with van der Waals surface area (Å²) in [5.74, 6) is 0. The highest BCUT2D eigenvalue weighted by Gasteiger charge is 2.41. The number of piperazine rings is 1. The lowest BCUT2D eigenvalue weighted by molar-refractivity contribution is -0.0184. The molecule has 2 unspecified atom stereocenters. The van der Waals surface area contributed by atoms with Crippen molar-refractivity contribution in [2.24, 2.45) is 5.41 Å². The lowest BCUT2D eigenvalue weighted by Crippen LogP contribution is -2.64. The summed E-state index contributed by atoms with van der Waals surface area (Å²) in [5, 5.41) is 3.84. The average Bonchev–Trinajstić information content (AvgIpc) is 2.40. The first-order chi connectivity index (χ1) is 9.75. The Balaban J connectivity index is 2.08. The highest BCUT2D eigenvalue weighted by molar-refractivity contribution is 4.99. The van der Waals surface area contributed by atoms with Crippen molar-refractivity contribution in [2.45, 2.75) is 77.9 Å². The van der Waals surface area contributed by atoms with E-state index in [0.29, 0.717) is 23.0 Å². The minimum Gasteiger partial charge on any atom is -0.312 e. The van der Waals surface area contributed by atoms with Gasteiger partial charge < -0.3 is 5.32 Å². The van der Waals surface area contributed by atoms with Gasteiger partial charge in [0.05, 0.1) is 0 Å². The molecule has 1 heterocycles. The zero-order chi connectivity index (χ0) is 15.7. The van der Waals surface area contributed by atoms with E-state index in [2.05, 4.69) is 56.8 Å². The molecule has 3 heteroatoms. The molecule has 0 amide bonds. The van der Waals surface area contributed by atoms with Crippen molar-refractivity contribution >= 4 is 0 Å². The first kappa shape index (κ1) is 17.2. The smallest absolute Gasteiger partial charge is 0.0277 e. The van der Waals surface area contributed by atoms with Gasteiger partial charge in [0.15, 0.2) is 0 Å². The van der Waals surface area contributed by atoms with E-state index in [1.165, 1.54) is 51.9 Å². The van der Waals surface area contributed by atoms with Crippen molar-refractivity contribution in [2.75, 3.05) is 33.2 Å². The van der Waals surface area contributed by atoms with Crippen molar-refractivity contribution in [1.29, 1.82) is 0 Å². The summed E-state index contributed by atoms with van der Waals surface area (Å²) in [6.07, 6.45) is 5.28. The Morgan fingerprint density at radius 2 is 1.86 bits per heavy atom. The van der Waals surface area contributed by atoms with Crippen molar-refractivity contribution < 1.29 is 0 Å². The van der Waals surface area contributed by atoms with Crippen LogP contribution in [0, 0.1) is 5.41 Å². The Morgan fingerprint density at radius 3 is 2.48 bits per heavy atom. The van der Waals surface area contributed by atoms with Crippen LogP contribution in [0.2, 0.25) is 0 Å². The fourth-order valence-corrected chi connectivity index (χ4v) is 4.06. The van der Waals surface area contributed by atoms with Crippen LogP contribution in [-0.4, -0.2) is 60.6 Å². The predicted octanol–water partition coefficient (Wildman–Crippen LogP) is 2.96. The van der Waals surface area contributed by atoms with E-state index >= 15 is 0 Å². The van der Waals surface area contributed by atoms with Gasteiger partial charge in [0.1, 0.15) is 0 Å². The molecule has 1 aliphatic heterocycles. The molecule has 0 aromatic heterocycles. The van der Waals surface area contributed by atoms with Gasteiger partial charge in [-0.3, -0.25) is 9.80 Å². The molecule has 1 saturated carbocycles. The molecule has 0 spiro atoms. The molecular formula is C18H37N3. The van der Waals surface area contributed by atoms with Crippen molar-refractivity contribution in [3.63, 3.8) is 0 Å². The second-order valence-corrected chi connectivity index (χ2v) is 8.74. The maximum absolute atomic E-state index is 3.84. The molecule has 2 aliphatic rings. The number of nitrogens with zero attached hydrogens (tertiary/aromatic N) is 2. The lowest BCUT2D eigenvalue weighted by atomic mass is 9.72. The van der Waals surface area contributed by atoms with E-state index in [4.69, 9.17) is 0 Å². The first-order valence-electron chi connectivity index (χ1n) is 8.94. The van der Waals surface area contributed by atoms with Gasteiger partial charge in [-0.25, -0.2) is 0 Å². The highest BCUT2D eigenvalue weighted by Crippen LogP contribution is 2.38. The van der Waals surface area contributed by atoms with Crippen LogP contribution >= 0.6 is 0 Å². The maximum Gasteiger partial charge on any atom is 0.0277 e. The molecule has 0 aromatic rings. The summed E-state index contributed by atoms with van der Waals surface area (Å²) >= 11 is 0. The summed E-state index contributed by atoms with van der Waals surface area (Å²) < 4.78 is 0. The topological polar surface area (TPSA) is 18.5 Å². The Bertz CT molecular complexity index is 337. The van der Waals surface area contributed by atoms with E-state index < -0.39 is 0 Å². The van der Waals surface area contributed by atoms with Gasteiger partial charge in [-0.05, 0) is 58.5 Å². The highest BCUT2D eigenvalue weighted by atomic mass is 15.3. The average molecular weight is 296 g/mol. The number of likely N-dealkylation sites (N-methyl/N-ethyl adjacent to an activating group) is 1. The van der Waals surface area contributed by atoms with Crippen LogP contribution in [0.3, 0.4) is 0 Å². The standard InChI is InChI=1S/C18H37N3/c1-7-10-19-15-8-9-17(2,3)13-16(15)21-12-11-20(6)18(4,5)14-21/h15-16,19H,7-14H2,1-6H3. The van der Waals surface area contributed by atoms with Crippen LogP contribution < -0.4 is 5.32 Å². The second-order valence-electron chi connectivity index (χ2n) is 8.74. The van der Waals surface area contributed by atoms with E-state index in [-0.39, 0.29) is 0 Å².